The molecule has 0 unspecified atom stereocenters. The summed E-state index contributed by atoms with van der Waals surface area (Å²) in [6.07, 6.45) is 1.41. The molecule has 0 spiro atoms. The number of hydrogen-bond acceptors (Lipinski definition) is 4. The van der Waals surface area contributed by atoms with Crippen LogP contribution in [0.3, 0.4) is 0 Å². The van der Waals surface area contributed by atoms with Gasteiger partial charge in [-0.25, -0.2) is 9.78 Å². The maximum atomic E-state index is 11.1. The molecule has 5 nitrogen and oxygen atoms in total. The molecule has 0 atom stereocenters. The Morgan fingerprint density at radius 3 is 2.71 bits per heavy atom. The topological polar surface area (TPSA) is 76.5 Å². The Morgan fingerprint density at radius 1 is 1.57 bits per heavy atom. The van der Waals surface area contributed by atoms with Crippen molar-refractivity contribution in [1.82, 2.24) is 4.98 Å². The molecule has 1 heterocycles. The fourth-order valence-corrected chi connectivity index (χ4v) is 1.20. The van der Waals surface area contributed by atoms with Crippen LogP contribution in [0.4, 0.5) is 0 Å². The minimum atomic E-state index is -1.54. The van der Waals surface area contributed by atoms with Crippen molar-refractivity contribution in [3.05, 3.63) is 22.3 Å². The number of ether oxygens (including phenoxy) is 1. The van der Waals surface area contributed by atoms with Crippen molar-refractivity contribution < 1.29 is 19.4 Å². The van der Waals surface area contributed by atoms with E-state index in [0.29, 0.717) is 4.47 Å². The van der Waals surface area contributed by atoms with Crippen molar-refractivity contribution in [1.29, 1.82) is 0 Å². The monoisotopic (exact) mass is 259 g/mol. The first kappa shape index (κ1) is 10.6. The Labute approximate surface area is 87.8 Å². The van der Waals surface area contributed by atoms with Gasteiger partial charge in [-0.05, 0) is 22.0 Å². The molecule has 1 aromatic rings. The second kappa shape index (κ2) is 4.19. The zero-order chi connectivity index (χ0) is 10.7. The van der Waals surface area contributed by atoms with Gasteiger partial charge in [-0.1, -0.05) is 0 Å². The minimum absolute atomic E-state index is 0.000556. The smallest absolute Gasteiger partial charge is 0.377 e. The van der Waals surface area contributed by atoms with E-state index in [-0.39, 0.29) is 11.4 Å². The van der Waals surface area contributed by atoms with Crippen LogP contribution in [0.15, 0.2) is 16.7 Å². The highest BCUT2D eigenvalue weighted by atomic mass is 79.9. The molecule has 0 saturated heterocycles. The van der Waals surface area contributed by atoms with Gasteiger partial charge < -0.3 is 9.84 Å². The number of carboxylic acid groups (broad SMARTS) is 1. The average molecular weight is 260 g/mol. The van der Waals surface area contributed by atoms with E-state index in [9.17, 15) is 9.59 Å². The molecule has 0 radical (unpaired) electrons. The number of halogens is 1. The third kappa shape index (κ3) is 2.08. The standard InChI is InChI=1S/C8H6BrNO4/c1-14-7-5(6(11)8(12)13)2-4(9)3-10-7/h2-3H,1H3,(H,12,13). The summed E-state index contributed by atoms with van der Waals surface area (Å²) in [6.45, 7) is 0. The van der Waals surface area contributed by atoms with Gasteiger partial charge in [0.2, 0.25) is 5.88 Å². The number of carbonyl (C=O) groups is 2. The third-order valence-corrected chi connectivity index (χ3v) is 1.88. The fraction of sp³-hybridized carbons (Fsp3) is 0.125. The number of nitrogens with zero attached hydrogens (tertiary/aromatic N) is 1. The molecule has 0 bridgehead atoms. The van der Waals surface area contributed by atoms with Crippen molar-refractivity contribution >= 4 is 27.7 Å². The van der Waals surface area contributed by atoms with Crippen LogP contribution in [0.2, 0.25) is 0 Å². The molecule has 14 heavy (non-hydrogen) atoms. The van der Waals surface area contributed by atoms with E-state index in [0.717, 1.165) is 0 Å². The minimum Gasteiger partial charge on any atom is -0.480 e. The highest BCUT2D eigenvalue weighted by Gasteiger charge is 2.20. The molecule has 0 aliphatic rings. The predicted molar refractivity (Wildman–Crippen MR) is 50.5 cm³/mol. The summed E-state index contributed by atoms with van der Waals surface area (Å²) in [5.74, 6) is -2.58. The maximum absolute atomic E-state index is 11.1. The van der Waals surface area contributed by atoms with Crippen LogP contribution in [0.5, 0.6) is 5.88 Å². The molecular formula is C8H6BrNO4. The van der Waals surface area contributed by atoms with Crippen molar-refractivity contribution in [2.24, 2.45) is 0 Å². The summed E-state index contributed by atoms with van der Waals surface area (Å²) >= 11 is 3.08. The fourth-order valence-electron chi connectivity index (χ4n) is 0.867. The average Bonchev–Trinajstić information content (AvgIpc) is 2.16. The molecule has 0 saturated carbocycles. The first-order valence-corrected chi connectivity index (χ1v) is 4.32. The Kier molecular flexibility index (Phi) is 3.19. The zero-order valence-corrected chi connectivity index (χ0v) is 8.74. The van der Waals surface area contributed by atoms with Gasteiger partial charge in [0, 0.05) is 10.7 Å². The maximum Gasteiger partial charge on any atom is 0.377 e. The zero-order valence-electron chi connectivity index (χ0n) is 7.15. The third-order valence-electron chi connectivity index (χ3n) is 1.45. The number of carboxylic acids is 1. The van der Waals surface area contributed by atoms with Crippen molar-refractivity contribution in [3.8, 4) is 5.88 Å². The SMILES string of the molecule is COc1ncc(Br)cc1C(=O)C(=O)O. The molecule has 1 N–H and O–H groups in total. The highest BCUT2D eigenvalue weighted by Crippen LogP contribution is 2.20. The van der Waals surface area contributed by atoms with E-state index >= 15 is 0 Å². The Bertz CT molecular complexity index is 391. The summed E-state index contributed by atoms with van der Waals surface area (Å²) in [7, 11) is 1.31. The van der Waals surface area contributed by atoms with Crippen molar-refractivity contribution in [3.63, 3.8) is 0 Å². The molecule has 74 valence electrons. The van der Waals surface area contributed by atoms with Crippen LogP contribution in [0, 0.1) is 0 Å². The van der Waals surface area contributed by atoms with Gasteiger partial charge in [-0.2, -0.15) is 0 Å². The van der Waals surface area contributed by atoms with Gasteiger partial charge in [0.05, 0.1) is 12.7 Å². The van der Waals surface area contributed by atoms with Crippen LogP contribution in [-0.2, 0) is 4.79 Å². The quantitative estimate of drug-likeness (QED) is 0.650. The normalized spacial score (nSPS) is 9.57. The van der Waals surface area contributed by atoms with E-state index < -0.39 is 11.8 Å². The lowest BCUT2D eigenvalue weighted by atomic mass is 10.2. The lowest BCUT2D eigenvalue weighted by Gasteiger charge is -2.03. The molecular weight excluding hydrogens is 254 g/mol. The lowest BCUT2D eigenvalue weighted by molar-refractivity contribution is -0.131. The number of carbonyl (C=O) groups excluding carboxylic acids is 1. The number of hydrogen-bond donors (Lipinski definition) is 1. The largest absolute Gasteiger partial charge is 0.480 e. The number of Topliss-reactive ketones (excluding diaryl/α,β-unsaturated/α-hetero) is 1. The summed E-state index contributed by atoms with van der Waals surface area (Å²) in [5.41, 5.74) is -0.0747. The van der Waals surface area contributed by atoms with Crippen LogP contribution in [0.25, 0.3) is 0 Å². The summed E-state index contributed by atoms with van der Waals surface area (Å²) in [6, 6.07) is 1.35. The molecule has 0 aliphatic carbocycles. The summed E-state index contributed by atoms with van der Waals surface area (Å²) < 4.78 is 5.27. The molecule has 1 aromatic heterocycles. The van der Waals surface area contributed by atoms with E-state index in [4.69, 9.17) is 9.84 Å². The van der Waals surface area contributed by atoms with Crippen LogP contribution < -0.4 is 4.74 Å². The second-order valence-corrected chi connectivity index (χ2v) is 3.26. The van der Waals surface area contributed by atoms with Crippen LogP contribution in [-0.4, -0.2) is 29.0 Å². The van der Waals surface area contributed by atoms with Gasteiger partial charge in [0.15, 0.2) is 0 Å². The number of aromatic nitrogens is 1. The van der Waals surface area contributed by atoms with Gasteiger partial charge >= 0.3 is 5.97 Å². The lowest BCUT2D eigenvalue weighted by Crippen LogP contribution is -2.14. The first-order chi connectivity index (χ1) is 6.56. The number of methoxy groups -OCH3 is 1. The van der Waals surface area contributed by atoms with E-state index in [1.165, 1.54) is 19.4 Å². The Morgan fingerprint density at radius 2 is 2.21 bits per heavy atom. The van der Waals surface area contributed by atoms with E-state index in [2.05, 4.69) is 20.9 Å². The molecule has 0 fully saturated rings. The van der Waals surface area contributed by atoms with E-state index in [1.54, 1.807) is 0 Å². The summed E-state index contributed by atoms with van der Waals surface area (Å²) in [5, 5.41) is 8.50. The number of ketones is 1. The van der Waals surface area contributed by atoms with Gasteiger partial charge in [-0.15, -0.1) is 0 Å². The van der Waals surface area contributed by atoms with Crippen molar-refractivity contribution in [2.45, 2.75) is 0 Å². The van der Waals surface area contributed by atoms with Gasteiger partial charge in [-0.3, -0.25) is 4.79 Å². The van der Waals surface area contributed by atoms with Crippen LogP contribution >= 0.6 is 15.9 Å². The van der Waals surface area contributed by atoms with Gasteiger partial charge in [0.1, 0.15) is 0 Å². The van der Waals surface area contributed by atoms with Gasteiger partial charge in [0.25, 0.3) is 5.78 Å². The predicted octanol–water partition coefficient (Wildman–Crippen LogP) is 1.12. The number of rotatable bonds is 3. The van der Waals surface area contributed by atoms with Crippen LogP contribution in [0.1, 0.15) is 10.4 Å². The van der Waals surface area contributed by atoms with Crippen molar-refractivity contribution in [2.75, 3.05) is 7.11 Å². The summed E-state index contributed by atoms with van der Waals surface area (Å²) in [4.78, 5) is 25.3. The Balaban J connectivity index is 3.23. The Hall–Kier alpha value is -1.43. The first-order valence-electron chi connectivity index (χ1n) is 3.53. The highest BCUT2D eigenvalue weighted by molar-refractivity contribution is 9.10. The number of aliphatic carboxylic acids is 1. The molecule has 6 heteroatoms. The van der Waals surface area contributed by atoms with E-state index in [1.807, 2.05) is 0 Å². The number of pyridine rings is 1. The molecule has 1 rings (SSSR count). The molecule has 0 amide bonds. The second-order valence-electron chi connectivity index (χ2n) is 2.34. The molecule has 0 aliphatic heterocycles. The molecule has 0 aromatic carbocycles.